The molecule has 3 aliphatic rings. The summed E-state index contributed by atoms with van der Waals surface area (Å²) in [6.07, 6.45) is 0.883. The van der Waals surface area contributed by atoms with Crippen molar-refractivity contribution >= 4 is 61.0 Å². The average Bonchev–Trinajstić information content (AvgIpc) is 3.07. The number of phenols is 1. The number of fused-ring (bicyclic) bond motifs is 5. The van der Waals surface area contributed by atoms with Crippen LogP contribution < -0.4 is 4.90 Å². The van der Waals surface area contributed by atoms with Crippen molar-refractivity contribution in [1.82, 2.24) is 0 Å². The number of halogens is 3. The second-order valence-corrected chi connectivity index (χ2v) is 8.70. The van der Waals surface area contributed by atoms with Crippen LogP contribution in [0.1, 0.15) is 6.42 Å². The molecular formula is C15H12Br2ClNO3. The zero-order valence-electron chi connectivity index (χ0n) is 11.2. The second-order valence-electron chi connectivity index (χ2n) is 6.15. The maximum absolute atomic E-state index is 12.8. The number of amides is 2. The van der Waals surface area contributed by atoms with Crippen molar-refractivity contribution in [3.8, 4) is 5.75 Å². The third kappa shape index (κ3) is 1.80. The van der Waals surface area contributed by atoms with Crippen LogP contribution in [0.3, 0.4) is 0 Å². The van der Waals surface area contributed by atoms with Crippen molar-refractivity contribution < 1.29 is 14.7 Å². The molecule has 0 aromatic heterocycles. The predicted octanol–water partition coefficient (Wildman–Crippen LogP) is 3.33. The third-order valence-corrected chi connectivity index (χ3v) is 8.61. The molecule has 2 amide bonds. The molecule has 1 N–H and O–H groups in total. The van der Waals surface area contributed by atoms with Crippen molar-refractivity contribution in [1.29, 1.82) is 0 Å². The van der Waals surface area contributed by atoms with Gasteiger partial charge in [0.25, 0.3) is 0 Å². The van der Waals surface area contributed by atoms with Crippen LogP contribution >= 0.6 is 43.5 Å². The Labute approximate surface area is 149 Å². The summed E-state index contributed by atoms with van der Waals surface area (Å²) in [5, 5.41) is 10.4. The Morgan fingerprint density at radius 2 is 1.64 bits per heavy atom. The van der Waals surface area contributed by atoms with E-state index in [9.17, 15) is 14.7 Å². The van der Waals surface area contributed by atoms with E-state index in [-0.39, 0.29) is 56.6 Å². The fourth-order valence-electron chi connectivity index (χ4n) is 4.26. The van der Waals surface area contributed by atoms with E-state index in [4.69, 9.17) is 11.6 Å². The molecule has 3 fully saturated rings. The summed E-state index contributed by atoms with van der Waals surface area (Å²) in [5.74, 6) is -0.829. The lowest BCUT2D eigenvalue weighted by Gasteiger charge is -2.28. The second kappa shape index (κ2) is 4.95. The molecule has 22 heavy (non-hydrogen) atoms. The standard InChI is InChI=1S/C15H12Br2ClNO3/c16-12-6-4-7(13(12)17)11-10(6)14(21)19(15(11)22)8-3-5(18)1-2-9(8)20/h1-3,6-7,10-13,20H,4H2/t6-,7+,10-,11-,12+,13+/m0/s1. The van der Waals surface area contributed by atoms with Crippen molar-refractivity contribution in [2.75, 3.05) is 4.90 Å². The van der Waals surface area contributed by atoms with E-state index < -0.39 is 0 Å². The molecule has 2 aliphatic carbocycles. The molecule has 4 rings (SSSR count). The van der Waals surface area contributed by atoms with Crippen molar-refractivity contribution in [3.05, 3.63) is 23.2 Å². The van der Waals surface area contributed by atoms with Gasteiger partial charge in [-0.3, -0.25) is 9.59 Å². The van der Waals surface area contributed by atoms with E-state index >= 15 is 0 Å². The topological polar surface area (TPSA) is 57.6 Å². The van der Waals surface area contributed by atoms with Gasteiger partial charge >= 0.3 is 0 Å². The Morgan fingerprint density at radius 1 is 1.09 bits per heavy atom. The van der Waals surface area contributed by atoms with Gasteiger partial charge in [-0.05, 0) is 36.5 Å². The number of phenolic OH excluding ortho intramolecular Hbond substituents is 1. The summed E-state index contributed by atoms with van der Waals surface area (Å²) in [6, 6.07) is 4.40. The quantitative estimate of drug-likeness (QED) is 0.529. The Balaban J connectivity index is 1.77. The minimum absolute atomic E-state index is 0.107. The zero-order chi connectivity index (χ0) is 15.8. The molecule has 116 valence electrons. The van der Waals surface area contributed by atoms with Gasteiger partial charge in [0.1, 0.15) is 5.75 Å². The molecule has 2 bridgehead atoms. The molecular weight excluding hydrogens is 437 g/mol. The number of hydrogen-bond acceptors (Lipinski definition) is 3. The number of nitrogens with zero attached hydrogens (tertiary/aromatic N) is 1. The van der Waals surface area contributed by atoms with Gasteiger partial charge in [-0.1, -0.05) is 43.5 Å². The van der Waals surface area contributed by atoms with Crippen LogP contribution in [0.4, 0.5) is 5.69 Å². The molecule has 1 aliphatic heterocycles. The van der Waals surface area contributed by atoms with E-state index in [1.807, 2.05) is 0 Å². The van der Waals surface area contributed by atoms with E-state index in [1.54, 1.807) is 0 Å². The minimum atomic E-state index is -0.297. The van der Waals surface area contributed by atoms with Crippen molar-refractivity contribution in [2.24, 2.45) is 23.7 Å². The smallest absolute Gasteiger partial charge is 0.238 e. The summed E-state index contributed by atoms with van der Waals surface area (Å²) in [5.41, 5.74) is 0.188. The minimum Gasteiger partial charge on any atom is -0.506 e. The summed E-state index contributed by atoms with van der Waals surface area (Å²) >= 11 is 13.2. The average molecular weight is 450 g/mol. The molecule has 1 aromatic carbocycles. The van der Waals surface area contributed by atoms with Crippen LogP contribution in [0, 0.1) is 23.7 Å². The van der Waals surface area contributed by atoms with Gasteiger partial charge in [0, 0.05) is 14.7 Å². The highest BCUT2D eigenvalue weighted by Crippen LogP contribution is 2.60. The molecule has 0 spiro atoms. The van der Waals surface area contributed by atoms with E-state index in [0.717, 1.165) is 11.3 Å². The molecule has 0 unspecified atom stereocenters. The molecule has 4 nitrogen and oxygen atoms in total. The first kappa shape index (κ1) is 15.0. The maximum atomic E-state index is 12.8. The van der Waals surface area contributed by atoms with Gasteiger partial charge < -0.3 is 5.11 Å². The molecule has 6 atom stereocenters. The predicted molar refractivity (Wildman–Crippen MR) is 89.6 cm³/mol. The van der Waals surface area contributed by atoms with Gasteiger partial charge in [-0.25, -0.2) is 4.90 Å². The number of alkyl halides is 2. The molecule has 1 heterocycles. The highest BCUT2D eigenvalue weighted by molar-refractivity contribution is 9.12. The zero-order valence-corrected chi connectivity index (χ0v) is 15.2. The highest BCUT2D eigenvalue weighted by Gasteiger charge is 2.66. The summed E-state index contributed by atoms with van der Waals surface area (Å²) < 4.78 is 0. The summed E-state index contributed by atoms with van der Waals surface area (Å²) in [4.78, 5) is 27.2. The highest BCUT2D eigenvalue weighted by atomic mass is 79.9. The number of rotatable bonds is 1. The maximum Gasteiger partial charge on any atom is 0.238 e. The van der Waals surface area contributed by atoms with Gasteiger partial charge in [0.2, 0.25) is 11.8 Å². The fourth-order valence-corrected chi connectivity index (χ4v) is 6.30. The van der Waals surface area contributed by atoms with Crippen LogP contribution in [-0.2, 0) is 9.59 Å². The van der Waals surface area contributed by atoms with Crippen molar-refractivity contribution in [2.45, 2.75) is 16.1 Å². The number of benzene rings is 1. The molecule has 1 saturated heterocycles. The lowest BCUT2D eigenvalue weighted by Crippen LogP contribution is -2.37. The number of carbonyl (C=O) groups excluding carboxylic acids is 2. The number of aromatic hydroxyl groups is 1. The van der Waals surface area contributed by atoms with Crippen LogP contribution in [0.25, 0.3) is 0 Å². The largest absolute Gasteiger partial charge is 0.506 e. The van der Waals surface area contributed by atoms with Crippen molar-refractivity contribution in [3.63, 3.8) is 0 Å². The number of carbonyl (C=O) groups is 2. The van der Waals surface area contributed by atoms with Gasteiger partial charge in [-0.15, -0.1) is 0 Å². The third-order valence-electron chi connectivity index (χ3n) is 5.17. The first-order valence-electron chi connectivity index (χ1n) is 7.06. The molecule has 2 saturated carbocycles. The Bertz CT molecular complexity index is 665. The lowest BCUT2D eigenvalue weighted by atomic mass is 9.81. The Hall–Kier alpha value is -0.590. The summed E-state index contributed by atoms with van der Waals surface area (Å²) in [7, 11) is 0. The van der Waals surface area contributed by atoms with Crippen LogP contribution in [-0.4, -0.2) is 26.6 Å². The summed E-state index contributed by atoms with van der Waals surface area (Å²) in [6.45, 7) is 0. The van der Waals surface area contributed by atoms with Gasteiger partial charge in [0.15, 0.2) is 0 Å². The van der Waals surface area contributed by atoms with E-state index in [0.29, 0.717) is 5.02 Å². The monoisotopic (exact) mass is 447 g/mol. The van der Waals surface area contributed by atoms with E-state index in [2.05, 4.69) is 31.9 Å². The first-order chi connectivity index (χ1) is 10.4. The van der Waals surface area contributed by atoms with Crippen LogP contribution in [0.15, 0.2) is 18.2 Å². The lowest BCUT2D eigenvalue weighted by molar-refractivity contribution is -0.123. The SMILES string of the molecule is O=C1[C@H]2[C@@H]3C[C@@H]([C@@H](Br)[C@@H]3Br)[C@@H]2C(=O)N1c1cc(Cl)ccc1O. The first-order valence-corrected chi connectivity index (χ1v) is 9.27. The number of anilines is 1. The number of imide groups is 1. The molecule has 7 heteroatoms. The van der Waals surface area contributed by atoms with Crippen LogP contribution in [0.2, 0.25) is 5.02 Å². The normalized spacial score (nSPS) is 39.7. The Morgan fingerprint density at radius 3 is 2.18 bits per heavy atom. The fraction of sp³-hybridized carbons (Fsp3) is 0.467. The Kier molecular flexibility index (Phi) is 3.37. The van der Waals surface area contributed by atoms with Gasteiger partial charge in [0.05, 0.1) is 17.5 Å². The number of hydrogen-bond donors (Lipinski definition) is 1. The molecule has 1 aromatic rings. The van der Waals surface area contributed by atoms with E-state index in [1.165, 1.54) is 18.2 Å². The van der Waals surface area contributed by atoms with Gasteiger partial charge in [-0.2, -0.15) is 0 Å². The van der Waals surface area contributed by atoms with Crippen LogP contribution in [0.5, 0.6) is 5.75 Å². The molecule has 0 radical (unpaired) electrons.